The van der Waals surface area contributed by atoms with Gasteiger partial charge in [-0.15, -0.1) is 0 Å². The summed E-state index contributed by atoms with van der Waals surface area (Å²) >= 11 is 0. The molecular formula is C63H84N2O18. The lowest BCUT2D eigenvalue weighted by Gasteiger charge is -2.46. The van der Waals surface area contributed by atoms with E-state index >= 15 is 0 Å². The van der Waals surface area contributed by atoms with Crippen molar-refractivity contribution in [3.63, 3.8) is 0 Å². The van der Waals surface area contributed by atoms with Crippen LogP contribution >= 0.6 is 0 Å². The number of aliphatic imine (C=N–C) groups is 1. The van der Waals surface area contributed by atoms with Crippen molar-refractivity contribution in [1.29, 1.82) is 0 Å². The maximum absolute atomic E-state index is 13.5. The number of cyclic esters (lactones) is 1. The number of carbonyl (C=O) groups is 2. The Morgan fingerprint density at radius 1 is 0.675 bits per heavy atom. The first-order valence-electron chi connectivity index (χ1n) is 28.5. The fourth-order valence-corrected chi connectivity index (χ4v) is 11.0. The molecule has 2 bridgehead atoms. The Bertz CT molecular complexity index is 2600. The van der Waals surface area contributed by atoms with E-state index in [1.807, 2.05) is 85.8 Å². The van der Waals surface area contributed by atoms with Crippen molar-refractivity contribution in [2.24, 2.45) is 16.8 Å². The van der Waals surface area contributed by atoms with Crippen LogP contribution in [0.1, 0.15) is 96.1 Å². The zero-order valence-corrected chi connectivity index (χ0v) is 47.7. The summed E-state index contributed by atoms with van der Waals surface area (Å²) in [5.41, 5.74) is 4.05. The Balaban J connectivity index is 1.21. The average Bonchev–Trinajstić information content (AvgIpc) is 2.72. The van der Waals surface area contributed by atoms with Crippen LogP contribution in [0.4, 0.5) is 4.79 Å². The second-order valence-corrected chi connectivity index (χ2v) is 22.0. The number of hydrogen-bond acceptors (Lipinski definition) is 19. The molecule has 20 nitrogen and oxygen atoms in total. The van der Waals surface area contributed by atoms with E-state index in [0.717, 1.165) is 22.3 Å². The van der Waals surface area contributed by atoms with Crippen molar-refractivity contribution < 1.29 is 88.8 Å². The molecular weight excluding hydrogens is 1070 g/mol. The molecule has 6 rings (SSSR count). The van der Waals surface area contributed by atoms with Gasteiger partial charge in [-0.3, -0.25) is 4.79 Å². The van der Waals surface area contributed by atoms with Gasteiger partial charge in [-0.05, 0) is 55.4 Å². The minimum absolute atomic E-state index is 0.0321. The Kier molecular flexibility index (Phi) is 26.0. The number of carbonyl (C=O) groups excluding carboxylic acids is 3. The first-order chi connectivity index (χ1) is 39.7. The van der Waals surface area contributed by atoms with Gasteiger partial charge < -0.3 is 79.7 Å². The molecule has 2 aromatic rings. The molecule has 3 aliphatic heterocycles. The van der Waals surface area contributed by atoms with Crippen molar-refractivity contribution in [3.8, 4) is 11.1 Å². The Morgan fingerprint density at radius 2 is 1.27 bits per heavy atom. The average molecular weight is 1160 g/mol. The summed E-state index contributed by atoms with van der Waals surface area (Å²) in [6.45, 7) is 6.75. The predicted molar refractivity (Wildman–Crippen MR) is 307 cm³/mol. The number of aliphatic hydroxyl groups excluding tert-OH is 9. The number of benzene rings is 2. The molecule has 20 heteroatoms. The molecule has 10 N–H and O–H groups in total. The summed E-state index contributed by atoms with van der Waals surface area (Å²) in [6.07, 6.45) is 5.31. The first-order valence-corrected chi connectivity index (χ1v) is 28.5. The number of esters is 1. The topological polar surface area (TPSA) is 313 Å². The van der Waals surface area contributed by atoms with Gasteiger partial charge in [0, 0.05) is 50.5 Å². The maximum Gasteiger partial charge on any atom is 0.407 e. The highest BCUT2D eigenvalue weighted by Gasteiger charge is 2.50. The smallest absolute Gasteiger partial charge is 0.407 e. The number of hydrogen-bond donors (Lipinski definition) is 10. The van der Waals surface area contributed by atoms with Crippen LogP contribution in [0, 0.1) is 11.8 Å². The molecule has 0 spiro atoms. The number of aliphatic hydroxyl groups is 9. The van der Waals surface area contributed by atoms with E-state index < -0.39 is 134 Å². The van der Waals surface area contributed by atoms with E-state index in [4.69, 9.17) is 28.4 Å². The molecule has 6 unspecified atom stereocenters. The van der Waals surface area contributed by atoms with E-state index in [1.165, 1.54) is 20.1 Å². The van der Waals surface area contributed by atoms with Crippen molar-refractivity contribution in [1.82, 2.24) is 5.32 Å². The lowest BCUT2D eigenvalue weighted by molar-refractivity contribution is -0.310. The molecule has 2 fully saturated rings. The van der Waals surface area contributed by atoms with Crippen LogP contribution < -0.4 is 5.32 Å². The molecule has 2 saturated heterocycles. The normalized spacial score (nSPS) is 38.5. The number of allylic oxidation sites excluding steroid dienone is 12. The SMILES string of the molecule is CO[C@]12C[C@@H](O)C[C@@H](O)[C@H](O)CC[C@@H](O)C[C@@H](O)CC(=O)O[C@@H](C)[C@H](C)[C@H](O)[C@@H](C)/C=C/C=C/C=C/C=C/C=C/C=C/C=C/[C@H](OC3OC(C)C(O)C(NC(=O)OCC4c5ccccc5-c5ccccc54)C3O)CC(O1)[C@H](N=C=O)[C@@H](O)C2. The highest BCUT2D eigenvalue weighted by atomic mass is 16.7. The van der Waals surface area contributed by atoms with Crippen molar-refractivity contribution >= 4 is 18.1 Å². The van der Waals surface area contributed by atoms with Crippen LogP contribution in [-0.2, 0) is 38.0 Å². The second-order valence-electron chi connectivity index (χ2n) is 22.0. The van der Waals surface area contributed by atoms with Gasteiger partial charge in [-0.1, -0.05) is 147 Å². The molecule has 19 atom stereocenters. The van der Waals surface area contributed by atoms with Gasteiger partial charge in [0.15, 0.2) is 12.1 Å². The Labute approximate surface area is 485 Å². The Hall–Kier alpha value is -5.78. The van der Waals surface area contributed by atoms with E-state index in [0.29, 0.717) is 0 Å². The molecule has 4 aliphatic rings. The van der Waals surface area contributed by atoms with Gasteiger partial charge in [-0.2, -0.15) is 4.99 Å². The van der Waals surface area contributed by atoms with E-state index in [9.17, 15) is 60.3 Å². The fraction of sp³-hybridized carbons (Fsp3) is 0.540. The summed E-state index contributed by atoms with van der Waals surface area (Å²) in [5.74, 6) is -3.51. The number of rotatable bonds is 7. The van der Waals surface area contributed by atoms with Gasteiger partial charge in [0.1, 0.15) is 31.0 Å². The summed E-state index contributed by atoms with van der Waals surface area (Å²) < 4.78 is 36.1. The number of nitrogens with zero attached hydrogens (tertiary/aromatic N) is 1. The highest BCUT2D eigenvalue weighted by Crippen LogP contribution is 2.45. The number of ether oxygens (including phenoxy) is 6. The monoisotopic (exact) mass is 1160 g/mol. The van der Waals surface area contributed by atoms with Crippen LogP contribution in [0.2, 0.25) is 0 Å². The lowest BCUT2D eigenvalue weighted by atomic mass is 9.87. The lowest BCUT2D eigenvalue weighted by Crippen LogP contribution is -2.64. The quantitative estimate of drug-likeness (QED) is 0.0996. The van der Waals surface area contributed by atoms with Crippen LogP contribution in [0.3, 0.4) is 0 Å². The van der Waals surface area contributed by atoms with E-state index in [-0.39, 0.29) is 57.0 Å². The number of nitrogens with one attached hydrogen (secondary N) is 1. The molecule has 83 heavy (non-hydrogen) atoms. The molecule has 0 saturated carbocycles. The third kappa shape index (κ3) is 19.1. The highest BCUT2D eigenvalue weighted by molar-refractivity contribution is 5.79. The number of isocyanates is 1. The second kappa shape index (κ2) is 32.5. The summed E-state index contributed by atoms with van der Waals surface area (Å²) in [7, 11) is 1.28. The molecule has 454 valence electrons. The van der Waals surface area contributed by atoms with Crippen molar-refractivity contribution in [2.75, 3.05) is 13.7 Å². The zero-order valence-electron chi connectivity index (χ0n) is 47.7. The third-order valence-electron chi connectivity index (χ3n) is 15.8. The third-order valence-corrected chi connectivity index (χ3v) is 15.8. The van der Waals surface area contributed by atoms with Crippen LogP contribution in [0.25, 0.3) is 11.1 Å². The van der Waals surface area contributed by atoms with Crippen LogP contribution in [0.15, 0.2) is 139 Å². The standard InChI is InChI=1S/C63H84N2O18/c1-38-22-16-14-12-10-8-6-7-9-11-13-15-17-23-45(82-61-60(76)57(59(75)41(4)81-61)65-62(77)79-36-50-48-26-20-18-24-46(48)47-25-19-21-27-49(47)50)33-54-56(64-37-66)53(72)35-63(78-5,83-54)34-44(69)31-52(71)51(70)29-28-42(67)30-43(68)32-55(73)80-40(3)39(2)58(38)74/h6-27,38-45,50-54,56-61,67-72,74-76H,28-36H2,1-5H3,(H,65,77)/b7-6+,10-8+,11-9+,14-12+,15-13+,22-16+,23-17+/t38-,39-,40-,41?,42+,43+,44-,45-,51+,52+,53-,54?,56+,57?,58+,59?,60?,61?,63+/m0/s1. The Morgan fingerprint density at radius 3 is 1.87 bits per heavy atom. The fourth-order valence-electron chi connectivity index (χ4n) is 11.0. The minimum atomic E-state index is -1.77. The molecule has 2 aromatic carbocycles. The van der Waals surface area contributed by atoms with E-state index in [1.54, 1.807) is 68.5 Å². The van der Waals surface area contributed by atoms with Crippen molar-refractivity contribution in [2.45, 2.75) is 188 Å². The number of methoxy groups -OCH3 is 1. The molecule has 1 aliphatic carbocycles. The first kappa shape index (κ1) is 66.4. The van der Waals surface area contributed by atoms with Gasteiger partial charge >= 0.3 is 12.1 Å². The number of amides is 1. The van der Waals surface area contributed by atoms with Gasteiger partial charge in [0.05, 0.1) is 73.5 Å². The van der Waals surface area contributed by atoms with Crippen LogP contribution in [0.5, 0.6) is 0 Å². The largest absolute Gasteiger partial charge is 0.462 e. The molecule has 3 heterocycles. The minimum Gasteiger partial charge on any atom is -0.462 e. The van der Waals surface area contributed by atoms with Gasteiger partial charge in [-0.25, -0.2) is 9.59 Å². The van der Waals surface area contributed by atoms with Crippen LogP contribution in [-0.4, -0.2) is 181 Å². The van der Waals surface area contributed by atoms with Crippen molar-refractivity contribution in [3.05, 3.63) is 145 Å². The zero-order chi connectivity index (χ0) is 60.2. The molecule has 1 amide bonds. The number of alkyl carbamates (subject to hydrolysis) is 1. The van der Waals surface area contributed by atoms with E-state index in [2.05, 4.69) is 10.3 Å². The van der Waals surface area contributed by atoms with Gasteiger partial charge in [0.2, 0.25) is 6.08 Å². The van der Waals surface area contributed by atoms with Gasteiger partial charge in [0.25, 0.3) is 0 Å². The summed E-state index contributed by atoms with van der Waals surface area (Å²) in [6, 6.07) is 13.1. The number of fused-ring (bicyclic) bond motifs is 5. The summed E-state index contributed by atoms with van der Waals surface area (Å²) in [4.78, 5) is 42.0. The predicted octanol–water partition coefficient (Wildman–Crippen LogP) is 4.95. The molecule has 0 radical (unpaired) electrons. The maximum atomic E-state index is 13.5. The molecule has 0 aromatic heterocycles. The summed E-state index contributed by atoms with van der Waals surface area (Å²) in [5, 5.41) is 103.